The Balaban J connectivity index is 2.00. The lowest BCUT2D eigenvalue weighted by Gasteiger charge is -2.30. The number of benzene rings is 1. The monoisotopic (exact) mass is 462 g/mol. The molecule has 2 aromatic rings. The molecular weight excluding hydrogens is 427 g/mol. The van der Waals surface area contributed by atoms with Gasteiger partial charge in [0.2, 0.25) is 0 Å². The SMILES string of the molecule is C=C/C(=C\N(C)C)c1cccc(-c2ncc(C(/C=N\C)=C/C)c(NCC3(F)CCNCC3)n2)c1. The molecule has 0 aliphatic carbocycles. The Morgan fingerprint density at radius 1 is 1.29 bits per heavy atom. The number of hydrogen-bond donors (Lipinski definition) is 2. The van der Waals surface area contributed by atoms with Crippen LogP contribution in [0.4, 0.5) is 10.2 Å². The van der Waals surface area contributed by atoms with Crippen LogP contribution in [0, 0.1) is 0 Å². The van der Waals surface area contributed by atoms with Crippen LogP contribution in [0.2, 0.25) is 0 Å². The lowest BCUT2D eigenvalue weighted by atomic mass is 9.94. The van der Waals surface area contributed by atoms with Crippen molar-refractivity contribution in [3.8, 4) is 11.4 Å². The zero-order valence-corrected chi connectivity index (χ0v) is 20.6. The summed E-state index contributed by atoms with van der Waals surface area (Å²) in [5.41, 5.74) is 3.31. The molecular formula is C27H35FN6. The van der Waals surface area contributed by atoms with Crippen molar-refractivity contribution in [2.24, 2.45) is 4.99 Å². The first kappa shape index (κ1) is 25.3. The third kappa shape index (κ3) is 6.38. The Morgan fingerprint density at radius 2 is 2.06 bits per heavy atom. The summed E-state index contributed by atoms with van der Waals surface area (Å²) in [6.45, 7) is 7.45. The molecule has 34 heavy (non-hydrogen) atoms. The molecule has 1 fully saturated rings. The highest BCUT2D eigenvalue weighted by molar-refractivity contribution is 6.11. The molecule has 1 aliphatic rings. The highest BCUT2D eigenvalue weighted by Crippen LogP contribution is 2.29. The van der Waals surface area contributed by atoms with Gasteiger partial charge in [-0.15, -0.1) is 0 Å². The van der Waals surface area contributed by atoms with E-state index in [4.69, 9.17) is 4.98 Å². The van der Waals surface area contributed by atoms with Crippen molar-refractivity contribution < 1.29 is 4.39 Å². The molecule has 3 rings (SSSR count). The van der Waals surface area contributed by atoms with Gasteiger partial charge in [0.25, 0.3) is 0 Å². The van der Waals surface area contributed by atoms with Gasteiger partial charge < -0.3 is 15.5 Å². The smallest absolute Gasteiger partial charge is 0.161 e. The molecule has 180 valence electrons. The molecule has 0 radical (unpaired) electrons. The van der Waals surface area contributed by atoms with Crippen LogP contribution in [0.1, 0.15) is 30.9 Å². The van der Waals surface area contributed by atoms with Crippen molar-refractivity contribution in [3.05, 3.63) is 66.5 Å². The summed E-state index contributed by atoms with van der Waals surface area (Å²) in [7, 11) is 5.68. The Hall–Kier alpha value is -3.32. The maximum absolute atomic E-state index is 15.3. The summed E-state index contributed by atoms with van der Waals surface area (Å²) in [5, 5.41) is 6.51. The number of aliphatic imine (C=N–C) groups is 1. The van der Waals surface area contributed by atoms with Gasteiger partial charge in [0, 0.05) is 56.5 Å². The van der Waals surface area contributed by atoms with Gasteiger partial charge in [-0.05, 0) is 50.1 Å². The summed E-state index contributed by atoms with van der Waals surface area (Å²) in [6.07, 6.45) is 10.3. The van der Waals surface area contributed by atoms with Gasteiger partial charge in [0.05, 0.1) is 6.54 Å². The zero-order chi connectivity index (χ0) is 24.6. The van der Waals surface area contributed by atoms with Crippen LogP contribution in [-0.2, 0) is 0 Å². The van der Waals surface area contributed by atoms with Gasteiger partial charge >= 0.3 is 0 Å². The quantitative estimate of drug-likeness (QED) is 0.412. The number of nitrogens with zero attached hydrogens (tertiary/aromatic N) is 4. The number of halogens is 1. The molecule has 0 amide bonds. The average Bonchev–Trinajstić information content (AvgIpc) is 2.85. The van der Waals surface area contributed by atoms with Crippen molar-refractivity contribution >= 4 is 23.2 Å². The summed E-state index contributed by atoms with van der Waals surface area (Å²) in [5.74, 6) is 1.18. The van der Waals surface area contributed by atoms with Gasteiger partial charge in [-0.25, -0.2) is 14.4 Å². The van der Waals surface area contributed by atoms with Crippen LogP contribution in [-0.4, -0.2) is 67.5 Å². The number of alkyl halides is 1. The fraction of sp³-hybridized carbons (Fsp3) is 0.370. The van der Waals surface area contributed by atoms with Crippen molar-refractivity contribution in [3.63, 3.8) is 0 Å². The van der Waals surface area contributed by atoms with Crippen molar-refractivity contribution in [2.75, 3.05) is 46.1 Å². The van der Waals surface area contributed by atoms with Crippen LogP contribution in [0.5, 0.6) is 0 Å². The number of allylic oxidation sites excluding steroid dienone is 4. The maximum atomic E-state index is 15.3. The van der Waals surface area contributed by atoms with E-state index >= 15 is 4.39 Å². The van der Waals surface area contributed by atoms with Gasteiger partial charge in [0.1, 0.15) is 11.5 Å². The van der Waals surface area contributed by atoms with Crippen molar-refractivity contribution in [1.29, 1.82) is 0 Å². The summed E-state index contributed by atoms with van der Waals surface area (Å²) in [4.78, 5) is 15.6. The summed E-state index contributed by atoms with van der Waals surface area (Å²) >= 11 is 0. The van der Waals surface area contributed by atoms with Gasteiger partial charge in [-0.1, -0.05) is 36.9 Å². The number of nitrogens with one attached hydrogen (secondary N) is 2. The van der Waals surface area contributed by atoms with Gasteiger partial charge in [0.15, 0.2) is 5.82 Å². The number of rotatable bonds is 9. The standard InChI is InChI=1S/C27H35FN6/c1-6-20(16-29-3)24-17-31-25(33-26(24)32-19-27(28)11-13-30-14-12-27)23-10-8-9-22(15-23)21(7-2)18-34(4)5/h6-10,15-18,30H,2,11-14,19H2,1,3-5H3,(H,31,32,33)/b20-6+,21-18+,29-16-. The van der Waals surface area contributed by atoms with E-state index in [-0.39, 0.29) is 6.54 Å². The number of aromatic nitrogens is 2. The second-order valence-corrected chi connectivity index (χ2v) is 8.67. The fourth-order valence-electron chi connectivity index (χ4n) is 3.96. The van der Waals surface area contributed by atoms with Crippen molar-refractivity contribution in [2.45, 2.75) is 25.4 Å². The Bertz CT molecular complexity index is 1080. The third-order valence-corrected chi connectivity index (χ3v) is 5.82. The predicted octanol–water partition coefficient (Wildman–Crippen LogP) is 4.84. The minimum absolute atomic E-state index is 0.199. The molecule has 6 nitrogen and oxygen atoms in total. The fourth-order valence-corrected chi connectivity index (χ4v) is 3.96. The van der Waals surface area contributed by atoms with E-state index in [1.807, 2.05) is 68.5 Å². The topological polar surface area (TPSA) is 65.4 Å². The molecule has 0 saturated carbocycles. The van der Waals surface area contributed by atoms with E-state index in [2.05, 4.69) is 27.2 Å². The van der Waals surface area contributed by atoms with Gasteiger partial charge in [-0.2, -0.15) is 0 Å². The molecule has 0 spiro atoms. The first-order chi connectivity index (χ1) is 16.4. The maximum Gasteiger partial charge on any atom is 0.161 e. The predicted molar refractivity (Wildman–Crippen MR) is 142 cm³/mol. The number of piperidine rings is 1. The Kier molecular flexibility index (Phi) is 8.71. The van der Waals surface area contributed by atoms with Gasteiger partial charge in [-0.3, -0.25) is 4.99 Å². The largest absolute Gasteiger partial charge is 0.383 e. The number of anilines is 1. The Morgan fingerprint density at radius 3 is 2.71 bits per heavy atom. The molecule has 0 atom stereocenters. The van der Waals surface area contributed by atoms with Crippen LogP contribution < -0.4 is 10.6 Å². The molecule has 2 heterocycles. The van der Waals surface area contributed by atoms with Crippen LogP contribution in [0.25, 0.3) is 22.5 Å². The average molecular weight is 463 g/mol. The zero-order valence-electron chi connectivity index (χ0n) is 20.6. The third-order valence-electron chi connectivity index (χ3n) is 5.82. The molecule has 1 aliphatic heterocycles. The Labute approximate surface area is 202 Å². The van der Waals surface area contributed by atoms with E-state index in [1.165, 1.54) is 0 Å². The molecule has 0 bridgehead atoms. The normalized spacial score (nSPS) is 16.5. The highest BCUT2D eigenvalue weighted by atomic mass is 19.1. The van der Waals surface area contributed by atoms with E-state index in [0.717, 1.165) is 27.8 Å². The van der Waals surface area contributed by atoms with Crippen LogP contribution >= 0.6 is 0 Å². The molecule has 0 unspecified atom stereocenters. The minimum atomic E-state index is -1.27. The molecule has 1 saturated heterocycles. The second kappa shape index (κ2) is 11.7. The number of hydrogen-bond acceptors (Lipinski definition) is 6. The second-order valence-electron chi connectivity index (χ2n) is 8.67. The molecule has 1 aromatic heterocycles. The van der Waals surface area contributed by atoms with E-state index in [9.17, 15) is 0 Å². The first-order valence-electron chi connectivity index (χ1n) is 11.6. The van der Waals surface area contributed by atoms with Crippen molar-refractivity contribution in [1.82, 2.24) is 20.2 Å². The highest BCUT2D eigenvalue weighted by Gasteiger charge is 2.31. The molecule has 7 heteroatoms. The van der Waals surface area contributed by atoms with E-state index in [1.54, 1.807) is 19.5 Å². The van der Waals surface area contributed by atoms with Crippen LogP contribution in [0.15, 0.2) is 60.4 Å². The lowest BCUT2D eigenvalue weighted by molar-refractivity contribution is 0.131. The molecule has 1 aromatic carbocycles. The molecule has 2 N–H and O–H groups in total. The summed E-state index contributed by atoms with van der Waals surface area (Å²) in [6, 6.07) is 8.04. The van der Waals surface area contributed by atoms with E-state index in [0.29, 0.717) is 37.6 Å². The first-order valence-corrected chi connectivity index (χ1v) is 11.6. The lowest BCUT2D eigenvalue weighted by Crippen LogP contribution is -2.43. The summed E-state index contributed by atoms with van der Waals surface area (Å²) < 4.78 is 15.3. The van der Waals surface area contributed by atoms with E-state index < -0.39 is 5.67 Å². The van der Waals surface area contributed by atoms with Crippen LogP contribution in [0.3, 0.4) is 0 Å². The minimum Gasteiger partial charge on any atom is -0.383 e.